The largest absolute Gasteiger partial charge is 0.396 e. The smallest absolute Gasteiger partial charge is 0.126 e. The van der Waals surface area contributed by atoms with E-state index in [1.165, 1.54) is 6.07 Å². The number of halogens is 1. The summed E-state index contributed by atoms with van der Waals surface area (Å²) in [6.45, 7) is 2.31. The highest BCUT2D eigenvalue weighted by molar-refractivity contribution is 5.26. The van der Waals surface area contributed by atoms with E-state index in [0.29, 0.717) is 12.1 Å². The first-order valence-electron chi connectivity index (χ1n) is 4.76. The van der Waals surface area contributed by atoms with Crippen molar-refractivity contribution in [3.8, 4) is 0 Å². The first-order valence-corrected chi connectivity index (χ1v) is 4.76. The van der Waals surface area contributed by atoms with Crippen LogP contribution in [0.4, 0.5) is 4.39 Å². The molecule has 0 heterocycles. The fourth-order valence-corrected chi connectivity index (χ4v) is 1.49. The van der Waals surface area contributed by atoms with Crippen LogP contribution in [0.3, 0.4) is 0 Å². The maximum atomic E-state index is 13.0. The van der Waals surface area contributed by atoms with Gasteiger partial charge in [-0.05, 0) is 37.1 Å². The molecule has 0 radical (unpaired) electrons. The molecule has 0 fully saturated rings. The second kappa shape index (κ2) is 5.08. The number of hydrogen-bond acceptors (Lipinski definition) is 2. The molecule has 0 aliphatic heterocycles. The monoisotopic (exact) mass is 197 g/mol. The Hall–Kier alpha value is -0.930. The number of aliphatic hydroxyl groups is 1. The minimum atomic E-state index is -0.210. The summed E-state index contributed by atoms with van der Waals surface area (Å²) in [5.41, 5.74) is 6.99. The summed E-state index contributed by atoms with van der Waals surface area (Å²) in [6.07, 6.45) is 0.724. The molecule has 1 aromatic carbocycles. The Morgan fingerprint density at radius 1 is 1.50 bits per heavy atom. The van der Waals surface area contributed by atoms with Crippen LogP contribution >= 0.6 is 0 Å². The van der Waals surface area contributed by atoms with Gasteiger partial charge in [-0.1, -0.05) is 12.1 Å². The minimum absolute atomic E-state index is 0.0271. The van der Waals surface area contributed by atoms with Crippen LogP contribution in [0.25, 0.3) is 0 Å². The summed E-state index contributed by atoms with van der Waals surface area (Å²) in [5.74, 6) is -0.183. The molecule has 0 aliphatic rings. The third-order valence-electron chi connectivity index (χ3n) is 2.39. The van der Waals surface area contributed by atoms with Gasteiger partial charge >= 0.3 is 0 Å². The molecule has 0 aliphatic carbocycles. The normalized spacial score (nSPS) is 12.9. The van der Waals surface area contributed by atoms with Crippen LogP contribution in [-0.4, -0.2) is 18.3 Å². The molecule has 2 nitrogen and oxygen atoms in total. The molecule has 0 bridgehead atoms. The number of benzene rings is 1. The molecule has 14 heavy (non-hydrogen) atoms. The lowest BCUT2D eigenvalue weighted by Crippen LogP contribution is -2.11. The van der Waals surface area contributed by atoms with E-state index in [-0.39, 0.29) is 18.3 Å². The Morgan fingerprint density at radius 2 is 2.21 bits per heavy atom. The number of aryl methyl sites for hydroxylation is 1. The van der Waals surface area contributed by atoms with E-state index in [4.69, 9.17) is 10.8 Å². The van der Waals surface area contributed by atoms with Gasteiger partial charge in [-0.3, -0.25) is 0 Å². The van der Waals surface area contributed by atoms with Gasteiger partial charge in [0.05, 0.1) is 0 Å². The van der Waals surface area contributed by atoms with E-state index in [1.54, 1.807) is 19.1 Å². The highest BCUT2D eigenvalue weighted by atomic mass is 19.1. The van der Waals surface area contributed by atoms with Gasteiger partial charge in [0, 0.05) is 12.5 Å². The van der Waals surface area contributed by atoms with Crippen LogP contribution in [0.15, 0.2) is 18.2 Å². The average Bonchev–Trinajstić information content (AvgIpc) is 2.19. The predicted octanol–water partition coefficient (Wildman–Crippen LogP) is 1.56. The first-order chi connectivity index (χ1) is 6.69. The van der Waals surface area contributed by atoms with Crippen molar-refractivity contribution >= 4 is 0 Å². The highest BCUT2D eigenvalue weighted by Crippen LogP contribution is 2.20. The maximum Gasteiger partial charge on any atom is 0.126 e. The number of hydrogen-bond donors (Lipinski definition) is 2. The fourth-order valence-electron chi connectivity index (χ4n) is 1.49. The van der Waals surface area contributed by atoms with Crippen molar-refractivity contribution in [2.75, 3.05) is 13.2 Å². The molecule has 1 atom stereocenters. The third kappa shape index (κ3) is 2.53. The highest BCUT2D eigenvalue weighted by Gasteiger charge is 2.10. The van der Waals surface area contributed by atoms with Gasteiger partial charge in [-0.2, -0.15) is 0 Å². The van der Waals surface area contributed by atoms with Gasteiger partial charge in [0.15, 0.2) is 0 Å². The second-order valence-electron chi connectivity index (χ2n) is 3.47. The molecule has 1 rings (SSSR count). The van der Waals surface area contributed by atoms with Crippen molar-refractivity contribution in [2.45, 2.75) is 19.3 Å². The molecule has 3 heteroatoms. The number of nitrogens with two attached hydrogens (primary N) is 1. The summed E-state index contributed by atoms with van der Waals surface area (Å²) >= 11 is 0. The standard InChI is InChI=1S/C11H16FNO/c1-8-6-9(2-3-11(8)12)10(7-14)4-5-13/h2-3,6,10,14H,4-5,7,13H2,1H3. The molecule has 0 aromatic heterocycles. The van der Waals surface area contributed by atoms with E-state index < -0.39 is 0 Å². The Bertz CT molecular complexity index is 301. The topological polar surface area (TPSA) is 46.2 Å². The lowest BCUT2D eigenvalue weighted by molar-refractivity contribution is 0.260. The molecule has 1 unspecified atom stereocenters. The maximum absolute atomic E-state index is 13.0. The van der Waals surface area contributed by atoms with Crippen LogP contribution in [-0.2, 0) is 0 Å². The zero-order chi connectivity index (χ0) is 10.6. The van der Waals surface area contributed by atoms with Gasteiger partial charge in [0.1, 0.15) is 5.82 Å². The number of aliphatic hydroxyl groups excluding tert-OH is 1. The summed E-state index contributed by atoms with van der Waals surface area (Å²) in [5, 5.41) is 9.12. The van der Waals surface area contributed by atoms with Crippen LogP contribution in [0, 0.1) is 12.7 Å². The molecule has 0 amide bonds. The quantitative estimate of drug-likeness (QED) is 0.769. The molecule has 0 saturated carbocycles. The van der Waals surface area contributed by atoms with Gasteiger partial charge in [-0.15, -0.1) is 0 Å². The van der Waals surface area contributed by atoms with Crippen LogP contribution in [0.5, 0.6) is 0 Å². The van der Waals surface area contributed by atoms with E-state index >= 15 is 0 Å². The number of rotatable bonds is 4. The van der Waals surface area contributed by atoms with Crippen LogP contribution in [0.1, 0.15) is 23.5 Å². The Morgan fingerprint density at radius 3 is 2.71 bits per heavy atom. The minimum Gasteiger partial charge on any atom is -0.396 e. The van der Waals surface area contributed by atoms with Crippen molar-refractivity contribution in [3.63, 3.8) is 0 Å². The van der Waals surface area contributed by atoms with E-state index in [1.807, 2.05) is 0 Å². The van der Waals surface area contributed by atoms with Crippen LogP contribution < -0.4 is 5.73 Å². The van der Waals surface area contributed by atoms with Crippen molar-refractivity contribution in [1.82, 2.24) is 0 Å². The summed E-state index contributed by atoms with van der Waals surface area (Å²) < 4.78 is 13.0. The molecular formula is C11H16FNO. The Labute approximate surface area is 83.6 Å². The fraction of sp³-hybridized carbons (Fsp3) is 0.455. The molecule has 0 spiro atoms. The third-order valence-corrected chi connectivity index (χ3v) is 2.39. The molecule has 78 valence electrons. The van der Waals surface area contributed by atoms with E-state index in [2.05, 4.69) is 0 Å². The van der Waals surface area contributed by atoms with Crippen LogP contribution in [0.2, 0.25) is 0 Å². The van der Waals surface area contributed by atoms with Crippen molar-refractivity contribution in [3.05, 3.63) is 35.1 Å². The second-order valence-corrected chi connectivity index (χ2v) is 3.47. The molecule has 3 N–H and O–H groups in total. The van der Waals surface area contributed by atoms with Crippen molar-refractivity contribution in [1.29, 1.82) is 0 Å². The molecule has 1 aromatic rings. The van der Waals surface area contributed by atoms with Gasteiger partial charge in [0.2, 0.25) is 0 Å². The lowest BCUT2D eigenvalue weighted by Gasteiger charge is -2.14. The Kier molecular flexibility index (Phi) is 4.04. The van der Waals surface area contributed by atoms with Crippen molar-refractivity contribution in [2.24, 2.45) is 5.73 Å². The van der Waals surface area contributed by atoms with E-state index in [9.17, 15) is 4.39 Å². The summed E-state index contributed by atoms with van der Waals surface area (Å²) in [4.78, 5) is 0. The zero-order valence-corrected chi connectivity index (χ0v) is 8.33. The first kappa shape index (κ1) is 11.1. The van der Waals surface area contributed by atoms with Gasteiger partial charge in [0.25, 0.3) is 0 Å². The molecular weight excluding hydrogens is 181 g/mol. The summed E-state index contributed by atoms with van der Waals surface area (Å²) in [7, 11) is 0. The van der Waals surface area contributed by atoms with Gasteiger partial charge < -0.3 is 10.8 Å². The van der Waals surface area contributed by atoms with Crippen molar-refractivity contribution < 1.29 is 9.50 Å². The predicted molar refractivity (Wildman–Crippen MR) is 54.6 cm³/mol. The van der Waals surface area contributed by atoms with Gasteiger partial charge in [-0.25, -0.2) is 4.39 Å². The lowest BCUT2D eigenvalue weighted by atomic mass is 9.95. The summed E-state index contributed by atoms with van der Waals surface area (Å²) in [6, 6.07) is 4.91. The average molecular weight is 197 g/mol. The Balaban J connectivity index is 2.88. The zero-order valence-electron chi connectivity index (χ0n) is 8.33. The molecule has 0 saturated heterocycles. The van der Waals surface area contributed by atoms with E-state index in [0.717, 1.165) is 12.0 Å². The SMILES string of the molecule is Cc1cc(C(CO)CCN)ccc1F.